The first-order valence-corrected chi connectivity index (χ1v) is 12.8. The topological polar surface area (TPSA) is 55.7 Å². The van der Waals surface area contributed by atoms with Crippen LogP contribution in [0.1, 0.15) is 83.1 Å². The van der Waals surface area contributed by atoms with Gasteiger partial charge >= 0.3 is 0 Å². The molecule has 0 N–H and O–H groups in total. The highest BCUT2D eigenvalue weighted by Crippen LogP contribution is 2.43. The Kier molecular flexibility index (Phi) is 5.93. The lowest BCUT2D eigenvalue weighted by molar-refractivity contribution is -0.121. The van der Waals surface area contributed by atoms with Crippen molar-refractivity contribution in [3.05, 3.63) is 54.7 Å². The molecule has 0 bridgehead atoms. The van der Waals surface area contributed by atoms with Gasteiger partial charge in [-0.1, -0.05) is 28.4 Å². The van der Waals surface area contributed by atoms with Gasteiger partial charge in [-0.05, 0) is 74.3 Å². The Morgan fingerprint density at radius 3 is 2.53 bits per heavy atom. The summed E-state index contributed by atoms with van der Waals surface area (Å²) >= 11 is 14.0. The maximum atomic E-state index is 13.2. The average molecular weight is 490 g/mol. The Morgan fingerprint density at radius 2 is 1.81 bits per heavy atom. The third kappa shape index (κ3) is 4.15. The molecule has 1 aromatic heterocycles. The van der Waals surface area contributed by atoms with Crippen molar-refractivity contribution in [2.24, 2.45) is 11.1 Å². The highest BCUT2D eigenvalue weighted by molar-refractivity contribution is 7.16. The highest BCUT2D eigenvalue weighted by Gasteiger charge is 2.40. The second-order valence-electron chi connectivity index (χ2n) is 9.38. The number of hydrogen-bond donors (Lipinski definition) is 0. The number of oxime groups is 1. The van der Waals surface area contributed by atoms with Crippen LogP contribution in [-0.4, -0.2) is 17.3 Å². The Hall–Kier alpha value is -1.69. The van der Waals surface area contributed by atoms with Crippen LogP contribution in [0.4, 0.5) is 0 Å². The molecule has 5 rings (SSSR count). The molecule has 1 fully saturated rings. The smallest absolute Gasteiger partial charge is 0.173 e. The van der Waals surface area contributed by atoms with Gasteiger partial charge in [0.15, 0.2) is 11.4 Å². The quantitative estimate of drug-likeness (QED) is 0.428. The van der Waals surface area contributed by atoms with Crippen LogP contribution < -0.4 is 0 Å². The summed E-state index contributed by atoms with van der Waals surface area (Å²) < 4.78 is 0. The van der Waals surface area contributed by atoms with Gasteiger partial charge in [-0.3, -0.25) is 9.59 Å². The van der Waals surface area contributed by atoms with E-state index in [1.807, 2.05) is 19.1 Å². The summed E-state index contributed by atoms with van der Waals surface area (Å²) in [6.45, 7) is 2.00. The molecular formula is C25H25Cl2NO3S. The van der Waals surface area contributed by atoms with Gasteiger partial charge in [0, 0.05) is 41.3 Å². The van der Waals surface area contributed by atoms with E-state index in [0.29, 0.717) is 47.4 Å². The number of nitrogens with zero attached hydrogens (tertiary/aromatic N) is 1. The van der Waals surface area contributed by atoms with Crippen LogP contribution >= 0.6 is 34.5 Å². The second-order valence-corrected chi connectivity index (χ2v) is 11.3. The fraction of sp³-hybridized carbons (Fsp3) is 0.480. The summed E-state index contributed by atoms with van der Waals surface area (Å²) in [7, 11) is 0. The van der Waals surface area contributed by atoms with E-state index in [9.17, 15) is 9.59 Å². The number of benzene rings is 1. The van der Waals surface area contributed by atoms with Crippen molar-refractivity contribution in [3.8, 4) is 0 Å². The first-order valence-electron chi connectivity index (χ1n) is 11.2. The van der Waals surface area contributed by atoms with Crippen LogP contribution in [0.15, 0.2) is 23.4 Å². The van der Waals surface area contributed by atoms with E-state index < -0.39 is 5.60 Å². The molecule has 7 heteroatoms. The van der Waals surface area contributed by atoms with E-state index >= 15 is 0 Å². The maximum Gasteiger partial charge on any atom is 0.173 e. The Balaban J connectivity index is 1.38. The summed E-state index contributed by atoms with van der Waals surface area (Å²) in [5.74, 6) is 0.879. The SMILES string of the molecule is CC1(c2cc(Cl)cc(Cl)c2)CC(c2sc(C(=O)CC3CCC(=O)CC3)c3c2CCC3)=NO1. The molecule has 1 atom stereocenters. The van der Waals surface area contributed by atoms with Gasteiger partial charge in [-0.2, -0.15) is 0 Å². The lowest BCUT2D eigenvalue weighted by atomic mass is 9.84. The number of fused-ring (bicyclic) bond motifs is 1. The van der Waals surface area contributed by atoms with Crippen molar-refractivity contribution in [3.63, 3.8) is 0 Å². The highest BCUT2D eigenvalue weighted by atomic mass is 35.5. The zero-order valence-corrected chi connectivity index (χ0v) is 20.3. The predicted molar refractivity (Wildman–Crippen MR) is 128 cm³/mol. The normalized spacial score (nSPS) is 23.2. The van der Waals surface area contributed by atoms with Crippen molar-refractivity contribution < 1.29 is 14.4 Å². The molecule has 0 amide bonds. The van der Waals surface area contributed by atoms with Crippen LogP contribution in [0, 0.1) is 5.92 Å². The summed E-state index contributed by atoms with van der Waals surface area (Å²) in [5.41, 5.74) is 3.63. The maximum absolute atomic E-state index is 13.2. The summed E-state index contributed by atoms with van der Waals surface area (Å²) in [6, 6.07) is 5.45. The Labute approximate surface area is 201 Å². The third-order valence-electron chi connectivity index (χ3n) is 6.96. The van der Waals surface area contributed by atoms with Crippen LogP contribution in [0.5, 0.6) is 0 Å². The fourth-order valence-corrected chi connectivity index (χ4v) is 7.01. The summed E-state index contributed by atoms with van der Waals surface area (Å²) in [6.07, 6.45) is 7.06. The van der Waals surface area contributed by atoms with E-state index in [0.717, 1.165) is 53.1 Å². The summed E-state index contributed by atoms with van der Waals surface area (Å²) in [5, 5.41) is 5.60. The number of hydrogen-bond acceptors (Lipinski definition) is 5. The number of thiophene rings is 1. The molecule has 0 radical (unpaired) electrons. The van der Waals surface area contributed by atoms with Gasteiger partial charge in [0.25, 0.3) is 0 Å². The third-order valence-corrected chi connectivity index (χ3v) is 8.76. The van der Waals surface area contributed by atoms with E-state index in [1.165, 1.54) is 11.1 Å². The van der Waals surface area contributed by atoms with Gasteiger partial charge in [-0.15, -0.1) is 11.3 Å². The molecule has 32 heavy (non-hydrogen) atoms. The average Bonchev–Trinajstić information content (AvgIpc) is 3.45. The molecule has 168 valence electrons. The molecule has 0 spiro atoms. The number of ketones is 2. The molecule has 2 aliphatic carbocycles. The zero-order chi connectivity index (χ0) is 22.5. The zero-order valence-electron chi connectivity index (χ0n) is 18.0. The molecular weight excluding hydrogens is 465 g/mol. The minimum absolute atomic E-state index is 0.225. The minimum atomic E-state index is -0.641. The first kappa shape index (κ1) is 22.1. The molecule has 2 heterocycles. The van der Waals surface area contributed by atoms with Gasteiger partial charge in [0.2, 0.25) is 0 Å². The monoisotopic (exact) mass is 489 g/mol. The molecule has 1 aromatic carbocycles. The van der Waals surface area contributed by atoms with E-state index in [-0.39, 0.29) is 5.78 Å². The Morgan fingerprint density at radius 1 is 1.12 bits per heavy atom. The number of rotatable bonds is 5. The molecule has 4 nitrogen and oxygen atoms in total. The van der Waals surface area contributed by atoms with Gasteiger partial charge < -0.3 is 4.84 Å². The van der Waals surface area contributed by atoms with Crippen molar-refractivity contribution in [1.82, 2.24) is 0 Å². The standard InChI is InChI=1S/C25H25Cl2NO3S/c1-25(15-10-16(26)12-17(27)11-15)13-21(28-31-25)23-19-3-2-4-20(19)24(32-23)22(30)9-14-5-7-18(29)8-6-14/h10-12,14H,2-9,13H2,1H3. The largest absolute Gasteiger partial charge is 0.384 e. The molecule has 1 aliphatic heterocycles. The van der Waals surface area contributed by atoms with Gasteiger partial charge in [-0.25, -0.2) is 0 Å². The number of carbonyl (C=O) groups is 2. The van der Waals surface area contributed by atoms with Gasteiger partial charge in [0.05, 0.1) is 9.75 Å². The van der Waals surface area contributed by atoms with Crippen molar-refractivity contribution in [1.29, 1.82) is 0 Å². The summed E-state index contributed by atoms with van der Waals surface area (Å²) in [4.78, 5) is 32.7. The number of carbonyl (C=O) groups excluding carboxylic acids is 2. The van der Waals surface area contributed by atoms with Crippen LogP contribution in [-0.2, 0) is 28.1 Å². The van der Waals surface area contributed by atoms with Crippen molar-refractivity contribution in [2.45, 2.75) is 70.3 Å². The lowest BCUT2D eigenvalue weighted by Gasteiger charge is -2.22. The van der Waals surface area contributed by atoms with Crippen molar-refractivity contribution >= 4 is 51.8 Å². The van der Waals surface area contributed by atoms with Crippen molar-refractivity contribution in [2.75, 3.05) is 0 Å². The van der Waals surface area contributed by atoms with E-state index in [1.54, 1.807) is 17.4 Å². The first-order chi connectivity index (χ1) is 15.3. The molecule has 3 aliphatic rings. The second kappa shape index (κ2) is 8.58. The number of halogens is 2. The minimum Gasteiger partial charge on any atom is -0.384 e. The van der Waals surface area contributed by atoms with Crippen LogP contribution in [0.25, 0.3) is 0 Å². The molecule has 1 saturated carbocycles. The molecule has 2 aromatic rings. The molecule has 0 saturated heterocycles. The Bertz CT molecular complexity index is 1110. The predicted octanol–water partition coefficient (Wildman–Crippen LogP) is 6.92. The van der Waals surface area contributed by atoms with Gasteiger partial charge in [0.1, 0.15) is 11.5 Å². The van der Waals surface area contributed by atoms with Crippen LogP contribution in [0.2, 0.25) is 10.0 Å². The van der Waals surface area contributed by atoms with E-state index in [2.05, 4.69) is 5.16 Å². The fourth-order valence-electron chi connectivity index (χ4n) is 5.16. The van der Waals surface area contributed by atoms with E-state index in [4.69, 9.17) is 28.0 Å². The molecule has 1 unspecified atom stereocenters. The number of Topliss-reactive ketones (excluding diaryl/α,β-unsaturated/α-hetero) is 2. The van der Waals surface area contributed by atoms with Crippen LogP contribution in [0.3, 0.4) is 0 Å². The lowest BCUT2D eigenvalue weighted by Crippen LogP contribution is -2.22.